The third-order valence-corrected chi connectivity index (χ3v) is 2.48. The molecule has 3 heteroatoms. The smallest absolute Gasteiger partial charge is 0.194 e. The maximum absolute atomic E-state index is 5.64. The number of nitrogens with two attached hydrogens (primary N) is 1. The average molecular weight is 216 g/mol. The van der Waals surface area contributed by atoms with Gasteiger partial charge in [0.15, 0.2) is 11.7 Å². The van der Waals surface area contributed by atoms with Crippen molar-refractivity contribution in [2.75, 3.05) is 6.54 Å². The molecule has 3 nitrogen and oxygen atoms in total. The summed E-state index contributed by atoms with van der Waals surface area (Å²) in [5.74, 6) is 1.59. The van der Waals surface area contributed by atoms with E-state index in [4.69, 9.17) is 10.2 Å². The van der Waals surface area contributed by atoms with E-state index in [1.165, 1.54) is 5.56 Å². The van der Waals surface area contributed by atoms with Crippen LogP contribution in [0.2, 0.25) is 0 Å². The molecular formula is C13H16N2O. The summed E-state index contributed by atoms with van der Waals surface area (Å²) in [6, 6.07) is 8.22. The SMILES string of the molecule is Cc1ccc(-c2cnc(CCCN)o2)cc1. The topological polar surface area (TPSA) is 52.0 Å². The Balaban J connectivity index is 2.15. The van der Waals surface area contributed by atoms with Crippen LogP contribution in [0.1, 0.15) is 17.9 Å². The number of hydrogen-bond acceptors (Lipinski definition) is 3. The van der Waals surface area contributed by atoms with E-state index in [-0.39, 0.29) is 0 Å². The third kappa shape index (κ3) is 2.49. The predicted octanol–water partition coefficient (Wildman–Crippen LogP) is 2.54. The molecule has 2 N–H and O–H groups in total. The van der Waals surface area contributed by atoms with Gasteiger partial charge in [0.2, 0.25) is 0 Å². The standard InChI is InChI=1S/C13H16N2O/c1-10-4-6-11(7-5-10)12-9-15-13(16-12)3-2-8-14/h4-7,9H,2-3,8,14H2,1H3. The Bertz CT molecular complexity index is 445. The van der Waals surface area contributed by atoms with Crippen LogP contribution in [0.4, 0.5) is 0 Å². The van der Waals surface area contributed by atoms with Crippen molar-refractivity contribution < 1.29 is 4.42 Å². The average Bonchev–Trinajstić information content (AvgIpc) is 2.76. The van der Waals surface area contributed by atoms with E-state index < -0.39 is 0 Å². The molecule has 0 atom stereocenters. The second kappa shape index (κ2) is 4.94. The number of aromatic nitrogens is 1. The van der Waals surface area contributed by atoms with Crippen LogP contribution in [-0.2, 0) is 6.42 Å². The van der Waals surface area contributed by atoms with E-state index in [2.05, 4.69) is 24.0 Å². The van der Waals surface area contributed by atoms with Crippen LogP contribution in [0.15, 0.2) is 34.9 Å². The maximum atomic E-state index is 5.64. The van der Waals surface area contributed by atoms with Crippen LogP contribution in [0, 0.1) is 6.92 Å². The van der Waals surface area contributed by atoms with Gasteiger partial charge in [0, 0.05) is 12.0 Å². The van der Waals surface area contributed by atoms with Crippen molar-refractivity contribution in [1.82, 2.24) is 4.98 Å². The molecule has 0 saturated heterocycles. The molecule has 1 aromatic carbocycles. The number of benzene rings is 1. The van der Waals surface area contributed by atoms with Crippen LogP contribution in [-0.4, -0.2) is 11.5 Å². The summed E-state index contributed by atoms with van der Waals surface area (Å²) in [4.78, 5) is 4.23. The number of hydrogen-bond donors (Lipinski definition) is 1. The molecule has 1 heterocycles. The van der Waals surface area contributed by atoms with Gasteiger partial charge in [0.1, 0.15) is 0 Å². The molecule has 0 aliphatic carbocycles. The predicted molar refractivity (Wildman–Crippen MR) is 64.1 cm³/mol. The molecule has 0 aliphatic heterocycles. The summed E-state index contributed by atoms with van der Waals surface area (Å²) < 4.78 is 5.64. The fourth-order valence-corrected chi connectivity index (χ4v) is 1.53. The molecule has 84 valence electrons. The highest BCUT2D eigenvalue weighted by molar-refractivity contribution is 5.56. The first-order valence-electron chi connectivity index (χ1n) is 5.51. The molecule has 2 rings (SSSR count). The van der Waals surface area contributed by atoms with E-state index in [1.807, 2.05) is 12.1 Å². The van der Waals surface area contributed by atoms with Gasteiger partial charge in [-0.1, -0.05) is 29.8 Å². The Morgan fingerprint density at radius 3 is 2.69 bits per heavy atom. The normalized spacial score (nSPS) is 10.6. The van der Waals surface area contributed by atoms with E-state index in [1.54, 1.807) is 6.20 Å². The first kappa shape index (κ1) is 10.9. The van der Waals surface area contributed by atoms with Gasteiger partial charge in [-0.2, -0.15) is 0 Å². The summed E-state index contributed by atoms with van der Waals surface area (Å²) in [7, 11) is 0. The summed E-state index contributed by atoms with van der Waals surface area (Å²) in [6.07, 6.45) is 3.49. The lowest BCUT2D eigenvalue weighted by Gasteiger charge is -1.97. The number of nitrogens with zero attached hydrogens (tertiary/aromatic N) is 1. The Labute approximate surface area is 95.3 Å². The molecular weight excluding hydrogens is 200 g/mol. The Hall–Kier alpha value is -1.61. The molecule has 0 bridgehead atoms. The Morgan fingerprint density at radius 1 is 1.25 bits per heavy atom. The molecule has 16 heavy (non-hydrogen) atoms. The van der Waals surface area contributed by atoms with Crippen LogP contribution in [0.5, 0.6) is 0 Å². The molecule has 0 amide bonds. The minimum Gasteiger partial charge on any atom is -0.441 e. The quantitative estimate of drug-likeness (QED) is 0.854. The molecule has 2 aromatic rings. The van der Waals surface area contributed by atoms with E-state index in [0.29, 0.717) is 6.54 Å². The fourth-order valence-electron chi connectivity index (χ4n) is 1.53. The highest BCUT2D eigenvalue weighted by Crippen LogP contribution is 2.21. The zero-order chi connectivity index (χ0) is 11.4. The van der Waals surface area contributed by atoms with Crippen LogP contribution in [0.3, 0.4) is 0 Å². The maximum Gasteiger partial charge on any atom is 0.194 e. The van der Waals surface area contributed by atoms with Gasteiger partial charge in [-0.05, 0) is 19.9 Å². The monoisotopic (exact) mass is 216 g/mol. The van der Waals surface area contributed by atoms with Crippen molar-refractivity contribution in [3.8, 4) is 11.3 Å². The zero-order valence-corrected chi connectivity index (χ0v) is 9.44. The highest BCUT2D eigenvalue weighted by Gasteiger charge is 2.05. The van der Waals surface area contributed by atoms with Crippen molar-refractivity contribution in [2.24, 2.45) is 5.73 Å². The van der Waals surface area contributed by atoms with Crippen LogP contribution in [0.25, 0.3) is 11.3 Å². The van der Waals surface area contributed by atoms with Crippen LogP contribution < -0.4 is 5.73 Å². The minimum atomic E-state index is 0.669. The molecule has 0 fully saturated rings. The van der Waals surface area contributed by atoms with Gasteiger partial charge in [-0.15, -0.1) is 0 Å². The second-order valence-electron chi connectivity index (χ2n) is 3.88. The van der Waals surface area contributed by atoms with E-state index in [0.717, 1.165) is 30.1 Å². The molecule has 0 unspecified atom stereocenters. The third-order valence-electron chi connectivity index (χ3n) is 2.48. The summed E-state index contributed by atoms with van der Waals surface area (Å²) in [5.41, 5.74) is 7.75. The minimum absolute atomic E-state index is 0.669. The van der Waals surface area contributed by atoms with Gasteiger partial charge in [0.25, 0.3) is 0 Å². The van der Waals surface area contributed by atoms with Crippen molar-refractivity contribution in [1.29, 1.82) is 0 Å². The van der Waals surface area contributed by atoms with Crippen molar-refractivity contribution >= 4 is 0 Å². The first-order valence-corrected chi connectivity index (χ1v) is 5.51. The van der Waals surface area contributed by atoms with E-state index >= 15 is 0 Å². The molecule has 0 spiro atoms. The fraction of sp³-hybridized carbons (Fsp3) is 0.308. The number of oxazole rings is 1. The Kier molecular flexibility index (Phi) is 3.37. The van der Waals surface area contributed by atoms with Crippen molar-refractivity contribution in [3.05, 3.63) is 41.9 Å². The summed E-state index contributed by atoms with van der Waals surface area (Å²) >= 11 is 0. The summed E-state index contributed by atoms with van der Waals surface area (Å²) in [6.45, 7) is 2.74. The largest absolute Gasteiger partial charge is 0.441 e. The van der Waals surface area contributed by atoms with Gasteiger partial charge >= 0.3 is 0 Å². The van der Waals surface area contributed by atoms with Crippen molar-refractivity contribution in [2.45, 2.75) is 19.8 Å². The summed E-state index contributed by atoms with van der Waals surface area (Å²) in [5, 5.41) is 0. The molecule has 1 aromatic heterocycles. The lowest BCUT2D eigenvalue weighted by molar-refractivity contribution is 0.499. The van der Waals surface area contributed by atoms with Crippen LogP contribution >= 0.6 is 0 Å². The molecule has 0 saturated carbocycles. The van der Waals surface area contributed by atoms with Gasteiger partial charge in [0.05, 0.1) is 6.20 Å². The van der Waals surface area contributed by atoms with Gasteiger partial charge in [-0.3, -0.25) is 0 Å². The molecule has 0 radical (unpaired) electrons. The first-order chi connectivity index (χ1) is 7.79. The number of rotatable bonds is 4. The Morgan fingerprint density at radius 2 is 2.00 bits per heavy atom. The van der Waals surface area contributed by atoms with Gasteiger partial charge < -0.3 is 10.2 Å². The lowest BCUT2D eigenvalue weighted by atomic mass is 10.1. The second-order valence-corrected chi connectivity index (χ2v) is 3.88. The number of aryl methyl sites for hydroxylation is 2. The van der Waals surface area contributed by atoms with Gasteiger partial charge in [-0.25, -0.2) is 4.98 Å². The van der Waals surface area contributed by atoms with E-state index in [9.17, 15) is 0 Å². The zero-order valence-electron chi connectivity index (χ0n) is 9.44. The van der Waals surface area contributed by atoms with Crippen molar-refractivity contribution in [3.63, 3.8) is 0 Å². The highest BCUT2D eigenvalue weighted by atomic mass is 16.4. The lowest BCUT2D eigenvalue weighted by Crippen LogP contribution is -2.00. The molecule has 0 aliphatic rings.